The fourth-order valence-electron chi connectivity index (χ4n) is 2.66. The lowest BCUT2D eigenvalue weighted by atomic mass is 9.88. The van der Waals surface area contributed by atoms with Crippen molar-refractivity contribution in [2.24, 2.45) is 5.92 Å². The van der Waals surface area contributed by atoms with E-state index in [9.17, 15) is 4.79 Å². The van der Waals surface area contributed by atoms with Crippen molar-refractivity contribution in [2.75, 3.05) is 13.1 Å². The molecule has 3 unspecified atom stereocenters. The molecule has 3 aliphatic rings. The number of carbonyl (C=O) groups is 1. The summed E-state index contributed by atoms with van der Waals surface area (Å²) in [5.74, 6) is -0.0190. The van der Waals surface area contributed by atoms with Gasteiger partial charge in [0, 0.05) is 25.6 Å². The molecule has 3 fully saturated rings. The first kappa shape index (κ1) is 12.8. The molecule has 0 aromatic rings. The van der Waals surface area contributed by atoms with Crippen LogP contribution in [0.25, 0.3) is 0 Å². The third kappa shape index (κ3) is 2.99. The molecule has 0 aliphatic carbocycles. The smallest absolute Gasteiger partial charge is 0.310 e. The number of piperidine rings is 1. The van der Waals surface area contributed by atoms with E-state index in [1.165, 1.54) is 12.8 Å². The second-order valence-corrected chi connectivity index (χ2v) is 5.49. The molecule has 0 spiro atoms. The molecular formula is C13H24N2O2. The Bertz CT molecular complexity index is 269. The van der Waals surface area contributed by atoms with Gasteiger partial charge in [0.25, 0.3) is 0 Å². The first-order chi connectivity index (χ1) is 8.15. The van der Waals surface area contributed by atoms with Crippen LogP contribution in [0, 0.1) is 5.92 Å². The number of hydrogen-bond acceptors (Lipinski definition) is 4. The van der Waals surface area contributed by atoms with Crippen LogP contribution in [0.15, 0.2) is 0 Å². The summed E-state index contributed by atoms with van der Waals surface area (Å²) in [6, 6.07) is 0.493. The molecular weight excluding hydrogens is 216 g/mol. The molecule has 98 valence electrons. The number of fused-ring (bicyclic) bond motifs is 2. The number of unbranched alkanes of at least 4 members (excludes halogenated alkanes) is 2. The Balaban J connectivity index is 1.73. The largest absolute Gasteiger partial charge is 0.442 e. The summed E-state index contributed by atoms with van der Waals surface area (Å²) in [5.41, 5.74) is -0.390. The zero-order valence-electron chi connectivity index (χ0n) is 10.9. The highest BCUT2D eigenvalue weighted by Gasteiger charge is 2.50. The lowest BCUT2D eigenvalue weighted by Gasteiger charge is -2.52. The van der Waals surface area contributed by atoms with Gasteiger partial charge in [-0.1, -0.05) is 33.1 Å². The summed E-state index contributed by atoms with van der Waals surface area (Å²) in [6.45, 7) is 5.89. The van der Waals surface area contributed by atoms with E-state index in [1.807, 2.05) is 6.92 Å². The van der Waals surface area contributed by atoms with Gasteiger partial charge in [-0.25, -0.2) is 0 Å². The summed E-state index contributed by atoms with van der Waals surface area (Å²) >= 11 is 0. The van der Waals surface area contributed by atoms with Crippen molar-refractivity contribution >= 4 is 5.97 Å². The third-order valence-electron chi connectivity index (χ3n) is 3.78. The molecule has 0 saturated carbocycles. The molecule has 4 heteroatoms. The summed E-state index contributed by atoms with van der Waals surface area (Å²) in [7, 11) is 0. The molecule has 3 heterocycles. The van der Waals surface area contributed by atoms with E-state index < -0.39 is 0 Å². The van der Waals surface area contributed by atoms with Crippen molar-refractivity contribution in [2.45, 2.75) is 57.7 Å². The van der Waals surface area contributed by atoms with E-state index in [1.54, 1.807) is 0 Å². The summed E-state index contributed by atoms with van der Waals surface area (Å²) in [5, 5.41) is 6.62. The van der Waals surface area contributed by atoms with Gasteiger partial charge in [0.2, 0.25) is 0 Å². The second kappa shape index (κ2) is 5.36. The molecule has 17 heavy (non-hydrogen) atoms. The van der Waals surface area contributed by atoms with Crippen molar-refractivity contribution in [3.05, 3.63) is 0 Å². The minimum absolute atomic E-state index is 0.0266. The zero-order chi connectivity index (χ0) is 12.3. The van der Waals surface area contributed by atoms with Crippen LogP contribution in [-0.4, -0.2) is 30.8 Å². The molecule has 3 rings (SSSR count). The van der Waals surface area contributed by atoms with Gasteiger partial charge in [-0.15, -0.1) is 0 Å². The van der Waals surface area contributed by atoms with Crippen molar-refractivity contribution in [3.63, 3.8) is 0 Å². The Morgan fingerprint density at radius 2 is 2.29 bits per heavy atom. The van der Waals surface area contributed by atoms with E-state index in [-0.39, 0.29) is 17.6 Å². The number of piperazine rings is 1. The Morgan fingerprint density at radius 3 is 2.88 bits per heavy atom. The number of hydrogen-bond donors (Lipinski definition) is 2. The highest BCUT2D eigenvalue weighted by Crippen LogP contribution is 2.30. The Hall–Kier alpha value is -0.610. The number of rotatable bonds is 6. The van der Waals surface area contributed by atoms with Crippen LogP contribution >= 0.6 is 0 Å². The molecule has 3 aliphatic heterocycles. The maximum Gasteiger partial charge on any atom is 0.310 e. The van der Waals surface area contributed by atoms with Crippen LogP contribution in [0.5, 0.6) is 0 Å². The minimum Gasteiger partial charge on any atom is -0.442 e. The summed E-state index contributed by atoms with van der Waals surface area (Å²) in [4.78, 5) is 11.9. The highest BCUT2D eigenvalue weighted by atomic mass is 16.6. The Labute approximate surface area is 103 Å². The van der Waals surface area contributed by atoms with Gasteiger partial charge in [0.1, 0.15) is 0 Å². The quantitative estimate of drug-likeness (QED) is 0.544. The van der Waals surface area contributed by atoms with Crippen LogP contribution in [0.1, 0.15) is 46.0 Å². The van der Waals surface area contributed by atoms with E-state index in [0.29, 0.717) is 6.04 Å². The molecule has 0 radical (unpaired) electrons. The van der Waals surface area contributed by atoms with Crippen LogP contribution in [-0.2, 0) is 9.53 Å². The first-order valence-electron chi connectivity index (χ1n) is 6.86. The Morgan fingerprint density at radius 1 is 1.53 bits per heavy atom. The average molecular weight is 240 g/mol. The second-order valence-electron chi connectivity index (χ2n) is 5.49. The fraction of sp³-hybridized carbons (Fsp3) is 0.923. The standard InChI is InChI=1S/C13H24N2O2/c1-3-4-5-6-10(2)12(16)17-13-7-11(15-13)8-14-9-13/h10-11,14-15H,3-9H2,1-2H3. The van der Waals surface area contributed by atoms with Crippen LogP contribution in [0.4, 0.5) is 0 Å². The van der Waals surface area contributed by atoms with Crippen molar-refractivity contribution in [1.82, 2.24) is 10.6 Å². The SMILES string of the molecule is CCCCCC(C)C(=O)OC12CNCC(C1)N2. The van der Waals surface area contributed by atoms with Gasteiger partial charge >= 0.3 is 5.97 Å². The molecule has 2 N–H and O–H groups in total. The van der Waals surface area contributed by atoms with Gasteiger partial charge in [-0.2, -0.15) is 0 Å². The molecule has 3 atom stereocenters. The molecule has 4 nitrogen and oxygen atoms in total. The maximum atomic E-state index is 11.9. The topological polar surface area (TPSA) is 50.4 Å². The highest BCUT2D eigenvalue weighted by molar-refractivity contribution is 5.72. The predicted molar refractivity (Wildman–Crippen MR) is 66.5 cm³/mol. The van der Waals surface area contributed by atoms with E-state index in [4.69, 9.17) is 4.74 Å². The van der Waals surface area contributed by atoms with Crippen LogP contribution in [0.2, 0.25) is 0 Å². The monoisotopic (exact) mass is 240 g/mol. The van der Waals surface area contributed by atoms with Gasteiger partial charge in [-0.3, -0.25) is 10.1 Å². The average Bonchev–Trinajstić information content (AvgIpc) is 2.28. The van der Waals surface area contributed by atoms with Crippen molar-refractivity contribution in [1.29, 1.82) is 0 Å². The van der Waals surface area contributed by atoms with Gasteiger partial charge in [0.05, 0.1) is 5.92 Å². The van der Waals surface area contributed by atoms with Crippen molar-refractivity contribution in [3.8, 4) is 0 Å². The lowest BCUT2D eigenvalue weighted by molar-refractivity contribution is -0.189. The van der Waals surface area contributed by atoms with Crippen LogP contribution in [0.3, 0.4) is 0 Å². The lowest BCUT2D eigenvalue weighted by Crippen LogP contribution is -2.76. The van der Waals surface area contributed by atoms with Crippen molar-refractivity contribution < 1.29 is 9.53 Å². The molecule has 0 aromatic carbocycles. The van der Waals surface area contributed by atoms with Gasteiger partial charge in [-0.05, 0) is 6.42 Å². The van der Waals surface area contributed by atoms with Gasteiger partial charge in [0.15, 0.2) is 5.72 Å². The molecule has 3 saturated heterocycles. The number of carbonyl (C=O) groups excluding carboxylic acids is 1. The Kier molecular flexibility index (Phi) is 4.05. The zero-order valence-corrected chi connectivity index (χ0v) is 10.9. The number of ether oxygens (including phenoxy) is 1. The molecule has 2 bridgehead atoms. The molecule has 0 amide bonds. The normalized spacial score (nSPS) is 32.7. The summed E-state index contributed by atoms with van der Waals surface area (Å²) < 4.78 is 5.62. The molecule has 0 aromatic heterocycles. The number of nitrogens with one attached hydrogen (secondary N) is 2. The summed E-state index contributed by atoms with van der Waals surface area (Å²) in [6.07, 6.45) is 5.42. The third-order valence-corrected chi connectivity index (χ3v) is 3.78. The van der Waals surface area contributed by atoms with Gasteiger partial charge < -0.3 is 10.1 Å². The number of esters is 1. The van der Waals surface area contributed by atoms with E-state index in [0.717, 1.165) is 32.4 Å². The fourth-order valence-corrected chi connectivity index (χ4v) is 2.66. The first-order valence-corrected chi connectivity index (χ1v) is 6.86. The van der Waals surface area contributed by atoms with Crippen LogP contribution < -0.4 is 10.6 Å². The predicted octanol–water partition coefficient (Wildman–Crippen LogP) is 1.41. The van der Waals surface area contributed by atoms with E-state index >= 15 is 0 Å². The van der Waals surface area contributed by atoms with E-state index in [2.05, 4.69) is 17.6 Å². The minimum atomic E-state index is -0.390. The maximum absolute atomic E-state index is 11.9.